The summed E-state index contributed by atoms with van der Waals surface area (Å²) in [7, 11) is 9.38. The van der Waals surface area contributed by atoms with Crippen molar-refractivity contribution in [1.82, 2.24) is 40.8 Å². The van der Waals surface area contributed by atoms with Crippen molar-refractivity contribution in [1.29, 1.82) is 1.45 Å². The predicted octanol–water partition coefficient (Wildman–Crippen LogP) is 7.97. The topological polar surface area (TPSA) is 184 Å². The van der Waals surface area contributed by atoms with E-state index < -0.39 is 0 Å². The maximum absolute atomic E-state index is 12.1. The van der Waals surface area contributed by atoms with Gasteiger partial charge in [-0.25, -0.2) is 14.8 Å². The minimum atomic E-state index is -0.163. The second-order valence-corrected chi connectivity index (χ2v) is 19.6. The van der Waals surface area contributed by atoms with E-state index >= 15 is 0 Å². The molecule has 0 saturated carbocycles. The van der Waals surface area contributed by atoms with Gasteiger partial charge >= 0.3 is 0 Å². The van der Waals surface area contributed by atoms with E-state index in [2.05, 4.69) is 114 Å². The molecule has 0 unspecified atom stereocenters. The zero-order chi connectivity index (χ0) is 49.6. The molecule has 0 aliphatic carbocycles. The molecule has 2 amide bonds. The lowest BCUT2D eigenvalue weighted by atomic mass is 9.96. The predicted molar refractivity (Wildman–Crippen MR) is 275 cm³/mol. The van der Waals surface area contributed by atoms with Crippen LogP contribution < -0.4 is 47.0 Å². The molecule has 2 fully saturated rings. The van der Waals surface area contributed by atoms with Crippen molar-refractivity contribution in [3.05, 3.63) is 76.1 Å². The minimum Gasteiger partial charge on any atom is -0.374 e. The van der Waals surface area contributed by atoms with Gasteiger partial charge in [-0.05, 0) is 93.0 Å². The van der Waals surface area contributed by atoms with Crippen molar-refractivity contribution in [2.24, 2.45) is 10.8 Å². The standard InChI is InChI=1S/C24H34N8O.C24H37N7O.CH4.FH/c1-15-8-9-16(22(33)26-6)12-18(15)29-23-30-20(28-17-10-11-27-13-17)19(25-5)21(31-23)32(7)14-24(2,3)4;1-16-8-9-17(22(32)25-5)12-19(16)27-23-28-20(26-18-10-11-30(6)14-18)13-21(29-23)31(7)15-24(2,3)4;;/h8-9,12,17,27H,10-11,13-14H2,1-4,6-7H3,(H,26,33)(H2,28,29,30,31);8-9,12-13,18H,10-11,14-15H2,1-7H3,(H,25,32)(H2,26,27,28,29);1H4;1H/t17-;18-;;/m11../s1/i/hT. The number of rotatable bonds is 14. The van der Waals surface area contributed by atoms with Gasteiger partial charge in [0.05, 0.1) is 6.57 Å². The van der Waals surface area contributed by atoms with Crippen LogP contribution in [0, 0.1) is 31.2 Å². The first-order valence-electron chi connectivity index (χ1n) is 22.8. The number of amides is 2. The highest BCUT2D eigenvalue weighted by atomic mass is 19.0. The molecule has 366 valence electrons. The molecule has 4 heterocycles. The maximum atomic E-state index is 12.1. The summed E-state index contributed by atoms with van der Waals surface area (Å²) in [6, 6.07) is 13.6. The summed E-state index contributed by atoms with van der Waals surface area (Å²) in [6.07, 6.45) is 2.05. The monoisotopic (exact) mass is 928 g/mol. The largest absolute Gasteiger partial charge is 0.374 e. The van der Waals surface area contributed by atoms with Gasteiger partial charge in [0.25, 0.3) is 19.0 Å². The summed E-state index contributed by atoms with van der Waals surface area (Å²) in [5, 5.41) is 22.3. The van der Waals surface area contributed by atoms with Crippen molar-refractivity contribution >= 4 is 64.0 Å². The first-order valence-corrected chi connectivity index (χ1v) is 22.4. The third-order valence-corrected chi connectivity index (χ3v) is 11.0. The second-order valence-electron chi connectivity index (χ2n) is 19.6. The molecule has 18 heteroatoms. The molecule has 67 heavy (non-hydrogen) atoms. The summed E-state index contributed by atoms with van der Waals surface area (Å²) in [6.45, 7) is 30.3. The Morgan fingerprint density at radius 3 is 1.85 bits per heavy atom. The summed E-state index contributed by atoms with van der Waals surface area (Å²) in [4.78, 5) is 53.4. The van der Waals surface area contributed by atoms with E-state index in [1.165, 1.54) is 0 Å². The number of nitrogens with one attached hydrogen (secondary N) is 7. The molecule has 6 rings (SSSR count). The molecule has 2 saturated heterocycles. The highest BCUT2D eigenvalue weighted by molar-refractivity contribution is 5.96. The van der Waals surface area contributed by atoms with Crippen LogP contribution in [0.2, 0.25) is 0 Å². The van der Waals surface area contributed by atoms with Crippen LogP contribution in [0.3, 0.4) is 0 Å². The highest BCUT2D eigenvalue weighted by Gasteiger charge is 2.26. The van der Waals surface area contributed by atoms with Crippen LogP contribution in [0.5, 0.6) is 0 Å². The zero-order valence-electron chi connectivity index (χ0n) is 42.1. The number of likely N-dealkylation sites (N-methyl/N-ethyl adjacent to an activating group) is 1. The number of aryl methyl sites for hydroxylation is 2. The number of aromatic nitrogens is 4. The van der Waals surface area contributed by atoms with Gasteiger partial charge in [-0.1, -0.05) is 61.1 Å². The smallest absolute Gasteiger partial charge is 0.269 e. The van der Waals surface area contributed by atoms with Crippen molar-refractivity contribution in [2.75, 3.05) is 106 Å². The van der Waals surface area contributed by atoms with Gasteiger partial charge in [0.15, 0.2) is 0 Å². The Labute approximate surface area is 399 Å². The molecule has 2 aromatic heterocycles. The Kier molecular flexibility index (Phi) is 19.0. The molecular weight excluding hydrogens is 850 g/mol. The fraction of sp³-hybridized carbons (Fsp3) is 0.531. The van der Waals surface area contributed by atoms with Crippen molar-refractivity contribution in [2.45, 2.75) is 87.7 Å². The molecule has 0 spiro atoms. The number of carbonyl (C=O) groups is 2. The van der Waals surface area contributed by atoms with E-state index in [1.807, 2.05) is 56.1 Å². The molecule has 2 atom stereocenters. The number of nitrogens with zero attached hydrogens (tertiary/aromatic N) is 8. The quantitative estimate of drug-likeness (QED) is 0.0605. The first kappa shape index (κ1) is 53.3. The summed E-state index contributed by atoms with van der Waals surface area (Å²) >= 11 is 0. The van der Waals surface area contributed by atoms with Crippen LogP contribution >= 0.6 is 0 Å². The van der Waals surface area contributed by atoms with Gasteiger partial charge in [0, 0.05) is 95.0 Å². The molecule has 2 aliphatic heterocycles. The lowest BCUT2D eigenvalue weighted by Gasteiger charge is -2.29. The Morgan fingerprint density at radius 2 is 1.37 bits per heavy atom. The number of hydrogen-bond acceptors (Lipinski definition) is 14. The SMILES string of the molecule is C.CNC(=O)c1ccc(C)c(Nc2nc(N[C@@H]3CCN(C)C3)cc(N(C)CC(C)(C)C)n2)c1.[3H]F.[C-]#[N+]c1c(N[C@@H]2CCNC2)nc(Nc2cc(C(=O)NC)ccc2C)nc1N(C)CC(C)(C)C. The molecule has 4 aromatic rings. The molecule has 17 nitrogen and oxygen atoms in total. The van der Waals surface area contributed by atoms with Crippen LogP contribution in [0.4, 0.5) is 56.9 Å². The number of carbonyl (C=O) groups excluding carboxylic acids is 2. The van der Waals surface area contributed by atoms with Crippen molar-refractivity contribution in [3.8, 4) is 0 Å². The maximum Gasteiger partial charge on any atom is 0.269 e. The summed E-state index contributed by atoms with van der Waals surface area (Å²) < 4.78 is 13.0. The fourth-order valence-corrected chi connectivity index (χ4v) is 7.87. The van der Waals surface area contributed by atoms with Crippen LogP contribution in [-0.2, 0) is 0 Å². The fourth-order valence-electron chi connectivity index (χ4n) is 7.87. The normalized spacial score (nSPS) is 15.7. The van der Waals surface area contributed by atoms with Gasteiger partial charge in [-0.3, -0.25) is 14.3 Å². The molecule has 2 aliphatic rings. The Bertz CT molecular complexity index is 2340. The number of anilines is 8. The molecule has 7 N–H and O–H groups in total. The van der Waals surface area contributed by atoms with E-state index in [4.69, 9.17) is 26.2 Å². The Morgan fingerprint density at radius 1 is 0.821 bits per heavy atom. The Hall–Kier alpha value is -6.32. The van der Waals surface area contributed by atoms with Gasteiger partial charge in [0.1, 0.15) is 23.3 Å². The first-order chi connectivity index (χ1) is 31.6. The van der Waals surface area contributed by atoms with E-state index in [1.54, 1.807) is 26.2 Å². The average Bonchev–Trinajstić information content (AvgIpc) is 3.95. The number of halogens is 1. The molecule has 2 aromatic carbocycles. The number of likely N-dealkylation sites (tertiary alicyclic amines) is 1. The van der Waals surface area contributed by atoms with Crippen molar-refractivity contribution in [3.63, 3.8) is 0 Å². The van der Waals surface area contributed by atoms with E-state index in [0.717, 1.165) is 86.2 Å². The van der Waals surface area contributed by atoms with Crippen LogP contribution in [-0.4, -0.2) is 125 Å². The lowest BCUT2D eigenvalue weighted by Crippen LogP contribution is -2.30. The van der Waals surface area contributed by atoms with Crippen LogP contribution in [0.15, 0.2) is 42.5 Å². The van der Waals surface area contributed by atoms with E-state index in [0.29, 0.717) is 46.4 Å². The van der Waals surface area contributed by atoms with Gasteiger partial charge in [-0.15, -0.1) is 0 Å². The van der Waals surface area contributed by atoms with Gasteiger partial charge in [-0.2, -0.15) is 9.97 Å². The third-order valence-electron chi connectivity index (χ3n) is 11.0. The molecule has 0 bridgehead atoms. The van der Waals surface area contributed by atoms with E-state index in [9.17, 15) is 9.59 Å². The zero-order valence-corrected chi connectivity index (χ0v) is 41.1. The lowest BCUT2D eigenvalue weighted by molar-refractivity contribution is 0.0955. The minimum absolute atomic E-state index is 0. The third kappa shape index (κ3) is 15.9. The summed E-state index contributed by atoms with van der Waals surface area (Å²) in [5.41, 5.74) is 5.23. The highest BCUT2D eigenvalue weighted by Crippen LogP contribution is 2.37. The second kappa shape index (κ2) is 23.9. The van der Waals surface area contributed by atoms with Crippen LogP contribution in [0.25, 0.3) is 4.85 Å². The summed E-state index contributed by atoms with van der Waals surface area (Å²) in [5.74, 6) is 3.35. The van der Waals surface area contributed by atoms with Gasteiger partial charge in [0.2, 0.25) is 11.9 Å². The average molecular weight is 928 g/mol. The Balaban J connectivity index is 0.000000343. The number of hydrogen-bond donors (Lipinski definition) is 7. The van der Waals surface area contributed by atoms with Gasteiger partial charge < -0.3 is 51.9 Å². The molecule has 0 radical (unpaired) electrons. The number of benzene rings is 2. The van der Waals surface area contributed by atoms with E-state index in [-0.39, 0.29) is 36.1 Å². The van der Waals surface area contributed by atoms with Crippen molar-refractivity contribution < 1.29 is 14.3 Å². The van der Waals surface area contributed by atoms with Crippen LogP contribution in [0.1, 0.15) is 93.7 Å². The molecular formula is C49H76FN15O2.